The molecule has 0 aromatic carbocycles. The van der Waals surface area contributed by atoms with Crippen LogP contribution in [0.4, 0.5) is 0 Å². The average molecular weight is 403 g/mol. The maximum absolute atomic E-state index is 5.86. The lowest BCUT2D eigenvalue weighted by Gasteiger charge is -2.43. The van der Waals surface area contributed by atoms with Crippen molar-refractivity contribution in [3.8, 4) is 0 Å². The van der Waals surface area contributed by atoms with Gasteiger partial charge in [-0.3, -0.25) is 0 Å². The predicted octanol–water partition coefficient (Wildman–Crippen LogP) is 6.39. The minimum atomic E-state index is 0.530. The fourth-order valence-electron chi connectivity index (χ4n) is 9.08. The average Bonchev–Trinajstić information content (AvgIpc) is 3.41. The van der Waals surface area contributed by atoms with E-state index in [1.807, 2.05) is 0 Å². The van der Waals surface area contributed by atoms with Crippen LogP contribution >= 0.6 is 0 Å². The normalized spacial score (nSPS) is 40.0. The van der Waals surface area contributed by atoms with Crippen molar-refractivity contribution in [3.05, 3.63) is 0 Å². The molecule has 4 aliphatic rings. The van der Waals surface area contributed by atoms with Crippen LogP contribution in [0, 0.1) is 46.3 Å². The summed E-state index contributed by atoms with van der Waals surface area (Å²) < 4.78 is 0. The van der Waals surface area contributed by atoms with Crippen molar-refractivity contribution in [2.75, 3.05) is 13.1 Å². The highest BCUT2D eigenvalue weighted by molar-refractivity contribution is 5.05. The molecule has 0 heterocycles. The Kier molecular flexibility index (Phi) is 6.72. The van der Waals surface area contributed by atoms with Gasteiger partial charge < -0.3 is 11.1 Å². The van der Waals surface area contributed by atoms with Crippen LogP contribution in [0.5, 0.6) is 0 Å². The van der Waals surface area contributed by atoms with Crippen LogP contribution in [0.3, 0.4) is 0 Å². The van der Waals surface area contributed by atoms with Gasteiger partial charge in [0.25, 0.3) is 0 Å². The zero-order valence-corrected chi connectivity index (χ0v) is 20.0. The summed E-state index contributed by atoms with van der Waals surface area (Å²) in [6.45, 7) is 12.1. The molecule has 2 heteroatoms. The van der Waals surface area contributed by atoms with Crippen molar-refractivity contribution in [1.29, 1.82) is 0 Å². The summed E-state index contributed by atoms with van der Waals surface area (Å²) in [4.78, 5) is 0. The van der Waals surface area contributed by atoms with Crippen LogP contribution in [0.1, 0.15) is 105 Å². The lowest BCUT2D eigenvalue weighted by atomic mass is 9.65. The first kappa shape index (κ1) is 22.1. The Bertz CT molecular complexity index is 539. The topological polar surface area (TPSA) is 38.0 Å². The minimum absolute atomic E-state index is 0.530. The van der Waals surface area contributed by atoms with Crippen LogP contribution in [-0.4, -0.2) is 19.1 Å². The van der Waals surface area contributed by atoms with Gasteiger partial charge in [0.1, 0.15) is 0 Å². The summed E-state index contributed by atoms with van der Waals surface area (Å²) in [5.74, 6) is 5.96. The monoisotopic (exact) mass is 402 g/mol. The molecule has 7 unspecified atom stereocenters. The molecule has 2 nitrogen and oxygen atoms in total. The van der Waals surface area contributed by atoms with Crippen molar-refractivity contribution in [3.63, 3.8) is 0 Å². The molecule has 7 atom stereocenters. The summed E-state index contributed by atoms with van der Waals surface area (Å²) in [7, 11) is 0. The van der Waals surface area contributed by atoms with E-state index in [-0.39, 0.29) is 0 Å². The molecule has 0 amide bonds. The smallest absolute Gasteiger partial charge is 0.0104 e. The maximum Gasteiger partial charge on any atom is 0.0104 e. The minimum Gasteiger partial charge on any atom is -0.329 e. The first-order valence-corrected chi connectivity index (χ1v) is 13.3. The summed E-state index contributed by atoms with van der Waals surface area (Å²) >= 11 is 0. The van der Waals surface area contributed by atoms with Crippen LogP contribution in [0.2, 0.25) is 0 Å². The number of nitrogens with two attached hydrogens (primary N) is 1. The maximum atomic E-state index is 5.86. The van der Waals surface area contributed by atoms with E-state index in [0.717, 1.165) is 48.6 Å². The van der Waals surface area contributed by atoms with Crippen molar-refractivity contribution in [1.82, 2.24) is 5.32 Å². The van der Waals surface area contributed by atoms with Gasteiger partial charge in [-0.05, 0) is 97.7 Å². The quantitative estimate of drug-likeness (QED) is 0.393. The van der Waals surface area contributed by atoms with E-state index in [4.69, 9.17) is 5.73 Å². The number of unbranched alkanes of at least 4 members (excludes halogenated alkanes) is 3. The van der Waals surface area contributed by atoms with E-state index in [0.29, 0.717) is 16.9 Å². The highest BCUT2D eigenvalue weighted by atomic mass is 14.9. The zero-order chi connectivity index (χ0) is 20.6. The molecule has 0 aliphatic heterocycles. The summed E-state index contributed by atoms with van der Waals surface area (Å²) in [6.07, 6.45) is 17.7. The zero-order valence-electron chi connectivity index (χ0n) is 20.0. The third-order valence-corrected chi connectivity index (χ3v) is 10.7. The third-order valence-electron chi connectivity index (χ3n) is 10.7. The molecule has 0 radical (unpaired) electrons. The fourth-order valence-corrected chi connectivity index (χ4v) is 9.08. The van der Waals surface area contributed by atoms with Crippen LogP contribution in [0.15, 0.2) is 0 Å². The second kappa shape index (κ2) is 8.81. The molecular weight excluding hydrogens is 352 g/mol. The van der Waals surface area contributed by atoms with Crippen molar-refractivity contribution in [2.45, 2.75) is 111 Å². The molecule has 4 rings (SSSR count). The standard InChI is InChI=1S/C27H50N2/c1-26(2)21-13-11-19(17-21)23(26)9-7-5-6-8-10-24(29-16-15-28)25-20-12-14-22(18-20)27(25,3)4/h19-25,29H,5-18,28H2,1-4H3. The van der Waals surface area contributed by atoms with E-state index >= 15 is 0 Å². The van der Waals surface area contributed by atoms with Gasteiger partial charge in [-0.1, -0.05) is 53.4 Å². The summed E-state index contributed by atoms with van der Waals surface area (Å²) in [5, 5.41) is 3.89. The van der Waals surface area contributed by atoms with Gasteiger partial charge in [0.05, 0.1) is 0 Å². The lowest BCUT2D eigenvalue weighted by molar-refractivity contribution is 0.0815. The molecule has 0 aromatic heterocycles. The fraction of sp³-hybridized carbons (Fsp3) is 1.00. The summed E-state index contributed by atoms with van der Waals surface area (Å²) in [6, 6.07) is 0.702. The highest BCUT2D eigenvalue weighted by Gasteiger charge is 2.55. The van der Waals surface area contributed by atoms with Crippen LogP contribution < -0.4 is 11.1 Å². The lowest BCUT2D eigenvalue weighted by Crippen LogP contribution is -2.47. The molecule has 0 spiro atoms. The number of nitrogens with one attached hydrogen (secondary N) is 1. The van der Waals surface area contributed by atoms with Gasteiger partial charge in [-0.2, -0.15) is 0 Å². The van der Waals surface area contributed by atoms with Gasteiger partial charge in [0.2, 0.25) is 0 Å². The third kappa shape index (κ3) is 4.19. The van der Waals surface area contributed by atoms with Crippen molar-refractivity contribution >= 4 is 0 Å². The number of hydrogen-bond donors (Lipinski definition) is 2. The van der Waals surface area contributed by atoms with Crippen LogP contribution in [-0.2, 0) is 0 Å². The molecular formula is C27H50N2. The van der Waals surface area contributed by atoms with E-state index in [1.54, 1.807) is 6.42 Å². The predicted molar refractivity (Wildman–Crippen MR) is 125 cm³/mol. The number of fused-ring (bicyclic) bond motifs is 4. The van der Waals surface area contributed by atoms with Gasteiger partial charge in [-0.15, -0.1) is 0 Å². The Morgan fingerprint density at radius 3 is 2.10 bits per heavy atom. The number of hydrogen-bond acceptors (Lipinski definition) is 2. The Morgan fingerprint density at radius 1 is 0.828 bits per heavy atom. The van der Waals surface area contributed by atoms with Gasteiger partial charge in [0.15, 0.2) is 0 Å². The van der Waals surface area contributed by atoms with Gasteiger partial charge in [-0.25, -0.2) is 0 Å². The largest absolute Gasteiger partial charge is 0.329 e. The first-order valence-electron chi connectivity index (χ1n) is 13.3. The molecule has 4 aliphatic carbocycles. The second-order valence-electron chi connectivity index (χ2n) is 12.7. The van der Waals surface area contributed by atoms with Crippen LogP contribution in [0.25, 0.3) is 0 Å². The Labute approximate surface area is 181 Å². The molecule has 4 saturated carbocycles. The highest BCUT2D eigenvalue weighted by Crippen LogP contribution is 2.61. The van der Waals surface area contributed by atoms with Gasteiger partial charge >= 0.3 is 0 Å². The summed E-state index contributed by atoms with van der Waals surface area (Å²) in [5.41, 5.74) is 7.02. The van der Waals surface area contributed by atoms with E-state index in [9.17, 15) is 0 Å². The number of rotatable bonds is 11. The molecule has 0 aromatic rings. The molecule has 4 fully saturated rings. The van der Waals surface area contributed by atoms with E-state index in [1.165, 1.54) is 70.6 Å². The van der Waals surface area contributed by atoms with Crippen molar-refractivity contribution in [2.24, 2.45) is 52.1 Å². The van der Waals surface area contributed by atoms with Crippen molar-refractivity contribution < 1.29 is 0 Å². The first-order chi connectivity index (χ1) is 13.9. The SMILES string of the molecule is CC1(C)C2CCC(C2)C1CCCCCCC(NCCN)C1C2CCC(C2)C1(C)C. The second-order valence-corrected chi connectivity index (χ2v) is 12.7. The Hall–Kier alpha value is -0.0800. The molecule has 0 saturated heterocycles. The molecule has 29 heavy (non-hydrogen) atoms. The van der Waals surface area contributed by atoms with Gasteiger partial charge in [0, 0.05) is 19.1 Å². The molecule has 168 valence electrons. The van der Waals surface area contributed by atoms with E-state index < -0.39 is 0 Å². The molecule has 4 bridgehead atoms. The Morgan fingerprint density at radius 2 is 1.48 bits per heavy atom. The Balaban J connectivity index is 1.20. The molecule has 3 N–H and O–H groups in total. The van der Waals surface area contributed by atoms with E-state index in [2.05, 4.69) is 33.0 Å².